The van der Waals surface area contributed by atoms with Crippen LogP contribution in [0.4, 0.5) is 4.39 Å². The average molecular weight is 441 g/mol. The topological polar surface area (TPSA) is 70.6 Å². The third kappa shape index (κ3) is 6.07. The molecule has 1 saturated heterocycles. The fraction of sp³-hybridized carbons (Fsp3) is 0.500. The van der Waals surface area contributed by atoms with E-state index in [-0.39, 0.29) is 47.3 Å². The van der Waals surface area contributed by atoms with Gasteiger partial charge in [-0.15, -0.1) is 24.0 Å². The molecular weight excluding hydrogens is 420 g/mol. The van der Waals surface area contributed by atoms with E-state index >= 15 is 0 Å². The van der Waals surface area contributed by atoms with Crippen molar-refractivity contribution in [1.29, 1.82) is 0 Å². The van der Waals surface area contributed by atoms with Crippen LogP contribution in [-0.2, 0) is 16.3 Å². The molecule has 124 valence electrons. The van der Waals surface area contributed by atoms with Gasteiger partial charge in [-0.3, -0.25) is 4.99 Å². The van der Waals surface area contributed by atoms with Gasteiger partial charge in [-0.25, -0.2) is 12.8 Å². The van der Waals surface area contributed by atoms with Crippen LogP contribution in [0.5, 0.6) is 0 Å². The highest BCUT2D eigenvalue weighted by Crippen LogP contribution is 2.11. The van der Waals surface area contributed by atoms with E-state index in [2.05, 4.69) is 15.6 Å². The third-order valence-electron chi connectivity index (χ3n) is 3.39. The molecule has 8 heteroatoms. The summed E-state index contributed by atoms with van der Waals surface area (Å²) in [5, 5.41) is 6.22. The van der Waals surface area contributed by atoms with Crippen molar-refractivity contribution < 1.29 is 12.8 Å². The van der Waals surface area contributed by atoms with E-state index < -0.39 is 9.84 Å². The first-order chi connectivity index (χ1) is 9.98. The summed E-state index contributed by atoms with van der Waals surface area (Å²) in [5.41, 5.74) is 0.904. The first-order valence-electron chi connectivity index (χ1n) is 6.90. The first kappa shape index (κ1) is 19.1. The van der Waals surface area contributed by atoms with Crippen molar-refractivity contribution in [3.8, 4) is 0 Å². The van der Waals surface area contributed by atoms with Crippen molar-refractivity contribution in [2.24, 2.45) is 4.99 Å². The Morgan fingerprint density at radius 1 is 1.45 bits per heavy atom. The van der Waals surface area contributed by atoms with Gasteiger partial charge in [0.05, 0.1) is 11.5 Å². The molecule has 0 saturated carbocycles. The van der Waals surface area contributed by atoms with Crippen LogP contribution in [0.1, 0.15) is 12.0 Å². The van der Waals surface area contributed by atoms with Gasteiger partial charge in [0.25, 0.3) is 0 Å². The number of benzene rings is 1. The normalized spacial score (nSPS) is 20.3. The second-order valence-corrected chi connectivity index (χ2v) is 7.35. The number of guanidine groups is 1. The minimum absolute atomic E-state index is 0. The van der Waals surface area contributed by atoms with Crippen LogP contribution in [0.15, 0.2) is 29.3 Å². The van der Waals surface area contributed by atoms with Crippen LogP contribution in [0.25, 0.3) is 0 Å². The molecule has 1 heterocycles. The zero-order valence-electron chi connectivity index (χ0n) is 12.4. The van der Waals surface area contributed by atoms with E-state index in [9.17, 15) is 12.8 Å². The standard InChI is InChI=1S/C14H20FN3O2S.HI/c1-16-14(18-13-6-8-21(19,20)10-13)17-7-5-11-3-2-4-12(15)9-11;/h2-4,9,13H,5-8,10H2,1H3,(H2,16,17,18);1H. The van der Waals surface area contributed by atoms with E-state index in [0.29, 0.717) is 25.3 Å². The van der Waals surface area contributed by atoms with Crippen LogP contribution in [0.2, 0.25) is 0 Å². The molecule has 0 radical (unpaired) electrons. The van der Waals surface area contributed by atoms with Crippen molar-refractivity contribution in [2.75, 3.05) is 25.1 Å². The largest absolute Gasteiger partial charge is 0.356 e. The lowest BCUT2D eigenvalue weighted by Gasteiger charge is -2.16. The summed E-state index contributed by atoms with van der Waals surface area (Å²) in [7, 11) is -1.26. The summed E-state index contributed by atoms with van der Waals surface area (Å²) in [5.74, 6) is 0.711. The summed E-state index contributed by atoms with van der Waals surface area (Å²) in [6.07, 6.45) is 1.27. The van der Waals surface area contributed by atoms with Gasteiger partial charge in [0.2, 0.25) is 0 Å². The molecule has 0 spiro atoms. The van der Waals surface area contributed by atoms with Crippen LogP contribution in [0.3, 0.4) is 0 Å². The maximum absolute atomic E-state index is 13.0. The Labute approximate surface area is 147 Å². The number of rotatable bonds is 4. The van der Waals surface area contributed by atoms with Crippen molar-refractivity contribution in [3.05, 3.63) is 35.6 Å². The van der Waals surface area contributed by atoms with Crippen molar-refractivity contribution in [1.82, 2.24) is 10.6 Å². The van der Waals surface area contributed by atoms with Crippen molar-refractivity contribution >= 4 is 39.8 Å². The van der Waals surface area contributed by atoms with E-state index in [1.807, 2.05) is 6.07 Å². The zero-order valence-corrected chi connectivity index (χ0v) is 15.5. The van der Waals surface area contributed by atoms with Gasteiger partial charge in [-0.2, -0.15) is 0 Å². The van der Waals surface area contributed by atoms with Crippen LogP contribution >= 0.6 is 24.0 Å². The first-order valence-corrected chi connectivity index (χ1v) is 8.73. The molecule has 1 atom stereocenters. The van der Waals surface area contributed by atoms with Crippen LogP contribution in [-0.4, -0.2) is 45.5 Å². The Hall–Kier alpha value is -0.900. The highest BCUT2D eigenvalue weighted by molar-refractivity contribution is 14.0. The van der Waals surface area contributed by atoms with Gasteiger partial charge in [0.1, 0.15) is 5.82 Å². The molecule has 0 aliphatic carbocycles. The number of nitrogens with zero attached hydrogens (tertiary/aromatic N) is 1. The molecule has 0 amide bonds. The van der Waals surface area contributed by atoms with E-state index in [0.717, 1.165) is 5.56 Å². The molecule has 1 fully saturated rings. The number of halogens is 2. The Morgan fingerprint density at radius 2 is 2.23 bits per heavy atom. The van der Waals surface area contributed by atoms with Crippen molar-refractivity contribution in [2.45, 2.75) is 18.9 Å². The molecule has 1 aliphatic heterocycles. The predicted molar refractivity (Wildman–Crippen MR) is 97.1 cm³/mol. The van der Waals surface area contributed by atoms with Crippen LogP contribution < -0.4 is 10.6 Å². The summed E-state index contributed by atoms with van der Waals surface area (Å²) >= 11 is 0. The average Bonchev–Trinajstić information content (AvgIpc) is 2.77. The Kier molecular flexibility index (Phi) is 7.54. The van der Waals surface area contributed by atoms with Gasteiger partial charge in [-0.1, -0.05) is 12.1 Å². The molecule has 1 aromatic rings. The lowest BCUT2D eigenvalue weighted by molar-refractivity contribution is 0.599. The molecular formula is C14H21FIN3O2S. The zero-order chi connectivity index (χ0) is 15.3. The monoisotopic (exact) mass is 441 g/mol. The van der Waals surface area contributed by atoms with Gasteiger partial charge in [0.15, 0.2) is 15.8 Å². The summed E-state index contributed by atoms with van der Waals surface area (Å²) < 4.78 is 35.9. The van der Waals surface area contributed by atoms with Gasteiger partial charge < -0.3 is 10.6 Å². The summed E-state index contributed by atoms with van der Waals surface area (Å²) in [6, 6.07) is 6.38. The van der Waals surface area contributed by atoms with Crippen LogP contribution in [0, 0.1) is 5.82 Å². The Bertz CT molecular complexity index is 622. The summed E-state index contributed by atoms with van der Waals surface area (Å²) in [4.78, 5) is 4.07. The number of sulfone groups is 1. The van der Waals surface area contributed by atoms with Gasteiger partial charge in [0, 0.05) is 19.6 Å². The molecule has 2 N–H and O–H groups in total. The van der Waals surface area contributed by atoms with Gasteiger partial charge >= 0.3 is 0 Å². The maximum atomic E-state index is 13.0. The number of hydrogen-bond acceptors (Lipinski definition) is 3. The SMILES string of the molecule is CN=C(NCCc1cccc(F)c1)NC1CCS(=O)(=O)C1.I. The quantitative estimate of drug-likeness (QED) is 0.421. The number of hydrogen-bond donors (Lipinski definition) is 2. The molecule has 1 aliphatic rings. The Morgan fingerprint density at radius 3 is 2.82 bits per heavy atom. The molecule has 1 aromatic carbocycles. The molecule has 22 heavy (non-hydrogen) atoms. The van der Waals surface area contributed by atoms with Gasteiger partial charge in [-0.05, 0) is 30.5 Å². The molecule has 0 bridgehead atoms. The third-order valence-corrected chi connectivity index (χ3v) is 5.16. The highest BCUT2D eigenvalue weighted by atomic mass is 127. The molecule has 0 aromatic heterocycles. The van der Waals surface area contributed by atoms with E-state index in [4.69, 9.17) is 0 Å². The predicted octanol–water partition coefficient (Wildman–Crippen LogP) is 1.34. The summed E-state index contributed by atoms with van der Waals surface area (Å²) in [6.45, 7) is 0.600. The smallest absolute Gasteiger partial charge is 0.191 e. The highest BCUT2D eigenvalue weighted by Gasteiger charge is 2.28. The second-order valence-electron chi connectivity index (χ2n) is 5.12. The maximum Gasteiger partial charge on any atom is 0.191 e. The number of nitrogens with one attached hydrogen (secondary N) is 2. The van der Waals surface area contributed by atoms with E-state index in [1.54, 1.807) is 13.1 Å². The second kappa shape index (κ2) is 8.66. The minimum atomic E-state index is -2.90. The molecule has 1 unspecified atom stereocenters. The number of aliphatic imine (C=N–C) groups is 1. The minimum Gasteiger partial charge on any atom is -0.356 e. The fourth-order valence-corrected chi connectivity index (χ4v) is 3.99. The fourth-order valence-electron chi connectivity index (χ4n) is 2.31. The Balaban J connectivity index is 0.00000242. The molecule has 5 nitrogen and oxygen atoms in total. The van der Waals surface area contributed by atoms with E-state index in [1.165, 1.54) is 12.1 Å². The molecule has 2 rings (SSSR count). The van der Waals surface area contributed by atoms with Crippen molar-refractivity contribution in [3.63, 3.8) is 0 Å². The lowest BCUT2D eigenvalue weighted by atomic mass is 10.1. The lowest BCUT2D eigenvalue weighted by Crippen LogP contribution is -2.44.